The molecule has 0 saturated heterocycles. The van der Waals surface area contributed by atoms with Gasteiger partial charge in [-0.1, -0.05) is 0 Å². The molecule has 0 aliphatic heterocycles. The summed E-state index contributed by atoms with van der Waals surface area (Å²) in [7, 11) is 0. The van der Waals surface area contributed by atoms with E-state index in [1.165, 1.54) is 0 Å². The Kier molecular flexibility index (Phi) is 0.931. The standard InChI is InChI=1S/C6H3BrN2/c7-5-3-4-1-2-6(5)9-8-4/h1-3H. The van der Waals surface area contributed by atoms with Gasteiger partial charge in [0.1, 0.15) is 0 Å². The molecule has 3 heteroatoms. The number of hydrogen-bond acceptors (Lipinski definition) is 2. The third-order valence-electron chi connectivity index (χ3n) is 1.20. The van der Waals surface area contributed by atoms with Gasteiger partial charge in [0, 0.05) is 4.47 Å². The van der Waals surface area contributed by atoms with E-state index in [9.17, 15) is 0 Å². The topological polar surface area (TPSA) is 25.8 Å². The van der Waals surface area contributed by atoms with Crippen LogP contribution in [-0.2, 0) is 0 Å². The summed E-state index contributed by atoms with van der Waals surface area (Å²) < 4.78 is 1.02. The van der Waals surface area contributed by atoms with E-state index in [1.54, 1.807) is 0 Å². The molecule has 3 rings (SSSR count). The predicted molar refractivity (Wildman–Crippen MR) is 38.4 cm³/mol. The van der Waals surface area contributed by atoms with Crippen molar-refractivity contribution in [2.75, 3.05) is 0 Å². The molecule has 0 amide bonds. The Balaban J connectivity index is 2.98. The molecule has 0 radical (unpaired) electrons. The van der Waals surface area contributed by atoms with Gasteiger partial charge in [-0.3, -0.25) is 0 Å². The molecule has 3 aromatic rings. The molecule has 9 heavy (non-hydrogen) atoms. The summed E-state index contributed by atoms with van der Waals surface area (Å²) >= 11 is 3.34. The third kappa shape index (κ3) is 0.685. The number of halogens is 1. The van der Waals surface area contributed by atoms with Crippen molar-refractivity contribution in [2.45, 2.75) is 0 Å². The molecule has 0 spiro atoms. The zero-order valence-electron chi connectivity index (χ0n) is 4.50. The monoisotopic (exact) mass is 182 g/mol. The van der Waals surface area contributed by atoms with Crippen molar-refractivity contribution in [3.63, 3.8) is 0 Å². The first kappa shape index (κ1) is 5.11. The lowest BCUT2D eigenvalue weighted by Gasteiger charge is -1.95. The van der Waals surface area contributed by atoms with Crippen LogP contribution in [0.4, 0.5) is 0 Å². The summed E-state index contributed by atoms with van der Waals surface area (Å²) in [6.45, 7) is 0. The zero-order chi connectivity index (χ0) is 6.27. The molecule has 44 valence electrons. The largest absolute Gasteiger partial charge is 0.150 e. The van der Waals surface area contributed by atoms with Crippen molar-refractivity contribution in [2.24, 2.45) is 0 Å². The van der Waals surface area contributed by atoms with Crippen LogP contribution in [0.1, 0.15) is 0 Å². The summed E-state index contributed by atoms with van der Waals surface area (Å²) in [5, 5.41) is 7.74. The minimum atomic E-state index is 0.907. The normalized spacial score (nSPS) is 10.8. The molecule has 0 aliphatic carbocycles. The van der Waals surface area contributed by atoms with Crippen molar-refractivity contribution in [1.82, 2.24) is 10.2 Å². The van der Waals surface area contributed by atoms with Crippen molar-refractivity contribution in [1.29, 1.82) is 0 Å². The lowest BCUT2D eigenvalue weighted by atomic mass is 10.3. The Labute approximate surface area is 60.4 Å². The molecule has 0 atom stereocenters. The molecular formula is C6H3BrN2. The Bertz CT molecular complexity index is 300. The predicted octanol–water partition coefficient (Wildman–Crippen LogP) is 1.83. The first-order chi connectivity index (χ1) is 4.36. The Morgan fingerprint density at radius 1 is 1.22 bits per heavy atom. The quantitative estimate of drug-likeness (QED) is 0.622. The highest BCUT2D eigenvalue weighted by Crippen LogP contribution is 2.18. The fraction of sp³-hybridized carbons (Fsp3) is 0. The van der Waals surface area contributed by atoms with Gasteiger partial charge in [0.25, 0.3) is 0 Å². The summed E-state index contributed by atoms with van der Waals surface area (Å²) in [6.07, 6.45) is 0. The Morgan fingerprint density at radius 3 is 2.33 bits per heavy atom. The van der Waals surface area contributed by atoms with Crippen LogP contribution in [0.15, 0.2) is 22.7 Å². The minimum absolute atomic E-state index is 0.907. The number of benzene rings is 1. The molecule has 2 aromatic heterocycles. The molecule has 0 unspecified atom stereocenters. The number of nitrogens with zero attached hydrogens (tertiary/aromatic N) is 2. The van der Waals surface area contributed by atoms with Crippen LogP contribution in [0.2, 0.25) is 0 Å². The third-order valence-corrected chi connectivity index (χ3v) is 1.84. The van der Waals surface area contributed by atoms with Crippen LogP contribution < -0.4 is 0 Å². The number of hydrogen-bond donors (Lipinski definition) is 0. The van der Waals surface area contributed by atoms with E-state index in [0.717, 1.165) is 15.5 Å². The average molecular weight is 183 g/mol. The van der Waals surface area contributed by atoms with Crippen LogP contribution in [-0.4, -0.2) is 10.2 Å². The lowest BCUT2D eigenvalue weighted by molar-refractivity contribution is 1.09. The molecule has 2 heterocycles. The molecule has 0 N–H and O–H groups in total. The van der Waals surface area contributed by atoms with E-state index in [1.807, 2.05) is 18.2 Å². The fourth-order valence-electron chi connectivity index (χ4n) is 0.751. The van der Waals surface area contributed by atoms with Gasteiger partial charge < -0.3 is 0 Å². The lowest BCUT2D eigenvalue weighted by Crippen LogP contribution is -1.85. The van der Waals surface area contributed by atoms with Crippen LogP contribution >= 0.6 is 15.9 Å². The highest BCUT2D eigenvalue weighted by molar-refractivity contribution is 9.10. The van der Waals surface area contributed by atoms with Gasteiger partial charge in [0.05, 0.1) is 11.0 Å². The van der Waals surface area contributed by atoms with E-state index in [2.05, 4.69) is 26.1 Å². The van der Waals surface area contributed by atoms with E-state index >= 15 is 0 Å². The molecule has 0 fully saturated rings. The maximum atomic E-state index is 3.88. The van der Waals surface area contributed by atoms with Crippen LogP contribution in [0, 0.1) is 0 Å². The number of fused-ring (bicyclic) bond motifs is 3. The first-order valence-corrected chi connectivity index (χ1v) is 3.37. The summed E-state index contributed by atoms with van der Waals surface area (Å²) in [5.74, 6) is 0. The second-order valence-corrected chi connectivity index (χ2v) is 2.69. The maximum Gasteiger partial charge on any atom is 0.1000 e. The van der Waals surface area contributed by atoms with Crippen LogP contribution in [0.3, 0.4) is 0 Å². The summed E-state index contributed by atoms with van der Waals surface area (Å²) in [4.78, 5) is 0. The van der Waals surface area contributed by atoms with Gasteiger partial charge in [-0.15, -0.1) is 5.10 Å². The average Bonchev–Trinajstić information content (AvgIpc) is 1.90. The molecule has 1 aromatic carbocycles. The highest BCUT2D eigenvalue weighted by atomic mass is 79.9. The highest BCUT2D eigenvalue weighted by Gasteiger charge is 1.97. The number of aromatic nitrogens is 2. The smallest absolute Gasteiger partial charge is 0.1000 e. The van der Waals surface area contributed by atoms with E-state index in [-0.39, 0.29) is 0 Å². The first-order valence-electron chi connectivity index (χ1n) is 2.57. The summed E-state index contributed by atoms with van der Waals surface area (Å²) in [6, 6.07) is 5.82. The van der Waals surface area contributed by atoms with Gasteiger partial charge in [0.15, 0.2) is 0 Å². The minimum Gasteiger partial charge on any atom is -0.150 e. The van der Waals surface area contributed by atoms with Gasteiger partial charge in [0.2, 0.25) is 0 Å². The molecule has 2 nitrogen and oxygen atoms in total. The molecule has 0 saturated carbocycles. The summed E-state index contributed by atoms with van der Waals surface area (Å²) in [5.41, 5.74) is 1.82. The molecule has 2 bridgehead atoms. The van der Waals surface area contributed by atoms with Gasteiger partial charge in [-0.25, -0.2) is 0 Å². The van der Waals surface area contributed by atoms with Crippen molar-refractivity contribution < 1.29 is 0 Å². The van der Waals surface area contributed by atoms with Crippen LogP contribution in [0.25, 0.3) is 11.0 Å². The van der Waals surface area contributed by atoms with E-state index in [0.29, 0.717) is 0 Å². The van der Waals surface area contributed by atoms with Gasteiger partial charge in [-0.2, -0.15) is 5.10 Å². The van der Waals surface area contributed by atoms with E-state index < -0.39 is 0 Å². The number of rotatable bonds is 0. The van der Waals surface area contributed by atoms with Crippen LogP contribution in [0.5, 0.6) is 0 Å². The van der Waals surface area contributed by atoms with E-state index in [4.69, 9.17) is 0 Å². The second-order valence-electron chi connectivity index (χ2n) is 1.84. The molecular weight excluding hydrogens is 180 g/mol. The second kappa shape index (κ2) is 1.64. The molecule has 0 aliphatic rings. The Morgan fingerprint density at radius 2 is 2.11 bits per heavy atom. The van der Waals surface area contributed by atoms with Crippen molar-refractivity contribution in [3.8, 4) is 0 Å². The maximum absolute atomic E-state index is 3.88. The van der Waals surface area contributed by atoms with Crippen molar-refractivity contribution in [3.05, 3.63) is 22.7 Å². The Hall–Kier alpha value is -0.700. The SMILES string of the molecule is Brc1cc2ccc1nn2. The van der Waals surface area contributed by atoms with Gasteiger partial charge >= 0.3 is 0 Å². The zero-order valence-corrected chi connectivity index (χ0v) is 6.09. The fourth-order valence-corrected chi connectivity index (χ4v) is 1.20. The van der Waals surface area contributed by atoms with Gasteiger partial charge in [-0.05, 0) is 34.1 Å². The van der Waals surface area contributed by atoms with Crippen molar-refractivity contribution >= 4 is 27.0 Å².